The van der Waals surface area contributed by atoms with Crippen LogP contribution in [0.5, 0.6) is 11.5 Å². The predicted octanol–water partition coefficient (Wildman–Crippen LogP) is 3.23. The molecule has 1 aliphatic carbocycles. The fourth-order valence-electron chi connectivity index (χ4n) is 4.98. The highest BCUT2D eigenvalue weighted by Crippen LogP contribution is 2.27. The summed E-state index contributed by atoms with van der Waals surface area (Å²) in [6.45, 7) is 1.31. The normalized spacial score (nSPS) is 19.4. The van der Waals surface area contributed by atoms with Gasteiger partial charge in [-0.2, -0.15) is 0 Å². The number of amides is 2. The van der Waals surface area contributed by atoms with Gasteiger partial charge in [-0.05, 0) is 42.7 Å². The minimum atomic E-state index is -0.278. The molecule has 8 heteroatoms. The van der Waals surface area contributed by atoms with E-state index < -0.39 is 0 Å². The second-order valence-corrected chi connectivity index (χ2v) is 9.26. The first-order chi connectivity index (χ1) is 17.1. The largest absolute Gasteiger partial charge is 0.497 e. The van der Waals surface area contributed by atoms with Crippen LogP contribution in [0.2, 0.25) is 0 Å². The lowest BCUT2D eigenvalue weighted by molar-refractivity contribution is -0.139. The van der Waals surface area contributed by atoms with Gasteiger partial charge in [0.2, 0.25) is 11.8 Å². The molecule has 1 aliphatic heterocycles. The Hall–Kier alpha value is -3.13. The van der Waals surface area contributed by atoms with Gasteiger partial charge in [0.05, 0.1) is 39.9 Å². The molecule has 0 spiro atoms. The van der Waals surface area contributed by atoms with Crippen molar-refractivity contribution in [3.8, 4) is 11.5 Å². The fraction of sp³-hybridized carbons (Fsp3) is 0.519. The highest BCUT2D eigenvalue weighted by atomic mass is 16.5. The smallest absolute Gasteiger partial charge is 0.242 e. The molecule has 8 nitrogen and oxygen atoms in total. The number of carbonyl (C=O) groups excluding carboxylic acids is 2. The molecule has 2 amide bonds. The van der Waals surface area contributed by atoms with Gasteiger partial charge in [0.25, 0.3) is 0 Å². The molecule has 0 radical (unpaired) electrons. The number of hydrogen-bond acceptors (Lipinski definition) is 6. The second kappa shape index (κ2) is 12.0. The first kappa shape index (κ1) is 25.0. The zero-order valence-electron chi connectivity index (χ0n) is 20.7. The highest BCUT2D eigenvalue weighted by molar-refractivity contribution is 5.87. The Labute approximate surface area is 207 Å². The fourth-order valence-corrected chi connectivity index (χ4v) is 4.98. The van der Waals surface area contributed by atoms with Crippen LogP contribution in [-0.2, 0) is 27.4 Å². The summed E-state index contributed by atoms with van der Waals surface area (Å²) < 4.78 is 17.0. The van der Waals surface area contributed by atoms with Crippen molar-refractivity contribution in [2.45, 2.75) is 57.3 Å². The maximum atomic E-state index is 13.4. The van der Waals surface area contributed by atoms with Crippen LogP contribution >= 0.6 is 0 Å². The molecule has 1 aromatic heterocycles. The van der Waals surface area contributed by atoms with Gasteiger partial charge in [-0.15, -0.1) is 0 Å². The van der Waals surface area contributed by atoms with E-state index in [1.807, 2.05) is 17.0 Å². The van der Waals surface area contributed by atoms with Gasteiger partial charge in [-0.3, -0.25) is 14.6 Å². The summed E-state index contributed by atoms with van der Waals surface area (Å²) in [6.07, 6.45) is 8.84. The third-order valence-corrected chi connectivity index (χ3v) is 6.88. The van der Waals surface area contributed by atoms with Crippen molar-refractivity contribution in [2.75, 3.05) is 33.9 Å². The molecular weight excluding hydrogens is 446 g/mol. The second-order valence-electron chi connectivity index (χ2n) is 9.26. The van der Waals surface area contributed by atoms with Crippen molar-refractivity contribution >= 4 is 11.8 Å². The number of benzene rings is 1. The molecular formula is C27H35N3O5. The van der Waals surface area contributed by atoms with Crippen LogP contribution in [0.1, 0.15) is 43.2 Å². The standard InChI is InChI=1S/C27H35N3O5/c1-33-23-10-11-25(34-2)21(13-23)14-26(31)29-16-24(35-19-20-7-6-12-28-15-20)17-30(27(32)18-29)22-8-4-3-5-9-22/h6-7,10-13,15,22,24H,3-5,8-9,14,16-19H2,1-2H3. The average Bonchev–Trinajstić information content (AvgIpc) is 3.07. The van der Waals surface area contributed by atoms with E-state index in [1.54, 1.807) is 49.7 Å². The Morgan fingerprint density at radius 1 is 1.09 bits per heavy atom. The maximum absolute atomic E-state index is 13.4. The molecule has 1 atom stereocenters. The first-order valence-electron chi connectivity index (χ1n) is 12.4. The number of pyridine rings is 1. The Balaban J connectivity index is 1.51. The monoisotopic (exact) mass is 481 g/mol. The van der Waals surface area contributed by atoms with Crippen LogP contribution in [-0.4, -0.2) is 72.6 Å². The maximum Gasteiger partial charge on any atom is 0.242 e. The third kappa shape index (κ3) is 6.51. The van der Waals surface area contributed by atoms with Crippen LogP contribution in [0.15, 0.2) is 42.7 Å². The van der Waals surface area contributed by atoms with Crippen LogP contribution in [0.4, 0.5) is 0 Å². The quantitative estimate of drug-likeness (QED) is 0.576. The molecule has 1 aromatic carbocycles. The van der Waals surface area contributed by atoms with E-state index in [0.29, 0.717) is 31.2 Å². The van der Waals surface area contributed by atoms with E-state index in [9.17, 15) is 9.59 Å². The van der Waals surface area contributed by atoms with E-state index >= 15 is 0 Å². The summed E-state index contributed by atoms with van der Waals surface area (Å²) in [7, 11) is 3.17. The summed E-state index contributed by atoms with van der Waals surface area (Å²) >= 11 is 0. The van der Waals surface area contributed by atoms with E-state index in [-0.39, 0.29) is 36.9 Å². The van der Waals surface area contributed by atoms with E-state index in [1.165, 1.54) is 6.42 Å². The van der Waals surface area contributed by atoms with Gasteiger partial charge in [0.1, 0.15) is 11.5 Å². The molecule has 0 N–H and O–H groups in total. The zero-order chi connectivity index (χ0) is 24.6. The van der Waals surface area contributed by atoms with Gasteiger partial charge in [0.15, 0.2) is 0 Å². The molecule has 35 heavy (non-hydrogen) atoms. The molecule has 2 fully saturated rings. The van der Waals surface area contributed by atoms with Crippen molar-refractivity contribution in [1.82, 2.24) is 14.8 Å². The van der Waals surface area contributed by atoms with Crippen molar-refractivity contribution in [3.05, 3.63) is 53.9 Å². The Bertz CT molecular complexity index is 994. The number of ether oxygens (including phenoxy) is 3. The lowest BCUT2D eigenvalue weighted by atomic mass is 9.94. The topological polar surface area (TPSA) is 81.2 Å². The van der Waals surface area contributed by atoms with Crippen LogP contribution in [0.3, 0.4) is 0 Å². The van der Waals surface area contributed by atoms with Gasteiger partial charge < -0.3 is 24.0 Å². The third-order valence-electron chi connectivity index (χ3n) is 6.88. The summed E-state index contributed by atoms with van der Waals surface area (Å²) in [6, 6.07) is 9.45. The Morgan fingerprint density at radius 3 is 2.63 bits per heavy atom. The minimum Gasteiger partial charge on any atom is -0.497 e. The number of nitrogens with zero attached hydrogens (tertiary/aromatic N) is 3. The van der Waals surface area contributed by atoms with E-state index in [0.717, 1.165) is 36.8 Å². The van der Waals surface area contributed by atoms with Crippen LogP contribution < -0.4 is 9.47 Å². The Kier molecular flexibility index (Phi) is 8.58. The average molecular weight is 482 g/mol. The summed E-state index contributed by atoms with van der Waals surface area (Å²) in [4.78, 5) is 34.5. The highest BCUT2D eigenvalue weighted by Gasteiger charge is 2.35. The SMILES string of the molecule is COc1ccc(OC)c(CC(=O)N2CC(=O)N(C3CCCCC3)CC(OCc3cccnc3)C2)c1. The zero-order valence-corrected chi connectivity index (χ0v) is 20.7. The van der Waals surface area contributed by atoms with Crippen molar-refractivity contribution in [2.24, 2.45) is 0 Å². The van der Waals surface area contributed by atoms with Gasteiger partial charge >= 0.3 is 0 Å². The molecule has 1 saturated carbocycles. The van der Waals surface area contributed by atoms with Gasteiger partial charge in [-0.25, -0.2) is 0 Å². The van der Waals surface area contributed by atoms with Crippen LogP contribution in [0.25, 0.3) is 0 Å². The first-order valence-corrected chi connectivity index (χ1v) is 12.4. The predicted molar refractivity (Wildman–Crippen MR) is 131 cm³/mol. The Morgan fingerprint density at radius 2 is 1.91 bits per heavy atom. The molecule has 1 saturated heterocycles. The number of carbonyl (C=O) groups is 2. The summed E-state index contributed by atoms with van der Waals surface area (Å²) in [5, 5.41) is 0. The number of hydrogen-bond donors (Lipinski definition) is 0. The van der Waals surface area contributed by atoms with Crippen molar-refractivity contribution < 1.29 is 23.8 Å². The van der Waals surface area contributed by atoms with Gasteiger partial charge in [-0.1, -0.05) is 25.3 Å². The summed E-state index contributed by atoms with van der Waals surface area (Å²) in [5.74, 6) is 1.14. The molecule has 188 valence electrons. The number of rotatable bonds is 8. The van der Waals surface area contributed by atoms with Crippen molar-refractivity contribution in [1.29, 1.82) is 0 Å². The lowest BCUT2D eigenvalue weighted by Gasteiger charge is -2.34. The van der Waals surface area contributed by atoms with Crippen molar-refractivity contribution in [3.63, 3.8) is 0 Å². The molecule has 2 aliphatic rings. The number of aromatic nitrogens is 1. The molecule has 2 heterocycles. The lowest BCUT2D eigenvalue weighted by Crippen LogP contribution is -2.46. The summed E-state index contributed by atoms with van der Waals surface area (Å²) in [5.41, 5.74) is 1.69. The van der Waals surface area contributed by atoms with E-state index in [4.69, 9.17) is 14.2 Å². The molecule has 1 unspecified atom stereocenters. The molecule has 2 aromatic rings. The van der Waals surface area contributed by atoms with Gasteiger partial charge in [0, 0.05) is 37.1 Å². The molecule has 0 bridgehead atoms. The number of methoxy groups -OCH3 is 2. The molecule has 4 rings (SSSR count). The van der Waals surface area contributed by atoms with E-state index in [2.05, 4.69) is 4.98 Å². The minimum absolute atomic E-state index is 0.00432. The van der Waals surface area contributed by atoms with Crippen LogP contribution in [0, 0.1) is 0 Å².